The number of nitrogens with zero attached hydrogens (tertiary/aromatic N) is 1. The highest BCUT2D eigenvalue weighted by Gasteiger charge is 2.06. The molecule has 0 aliphatic heterocycles. The van der Waals surface area contributed by atoms with E-state index in [4.69, 9.17) is 0 Å². The van der Waals surface area contributed by atoms with Crippen molar-refractivity contribution in [3.8, 4) is 11.3 Å². The van der Waals surface area contributed by atoms with Gasteiger partial charge in [0.15, 0.2) is 5.13 Å². The van der Waals surface area contributed by atoms with E-state index in [0.717, 1.165) is 27.6 Å². The summed E-state index contributed by atoms with van der Waals surface area (Å²) < 4.78 is 0. The molecule has 3 aromatic rings. The zero-order valence-electron chi connectivity index (χ0n) is 14.6. The first-order chi connectivity index (χ1) is 12.0. The van der Waals surface area contributed by atoms with E-state index in [0.29, 0.717) is 6.54 Å². The number of amides is 1. The SMILES string of the molecule is CC(=O)NCc1ccc(-c2csc(Nc3cc(C)cc(C)c3)n2)cc1. The largest absolute Gasteiger partial charge is 0.352 e. The molecule has 0 saturated carbocycles. The number of hydrogen-bond donors (Lipinski definition) is 2. The number of hydrogen-bond acceptors (Lipinski definition) is 4. The maximum absolute atomic E-state index is 11.0. The van der Waals surface area contributed by atoms with Crippen molar-refractivity contribution in [3.05, 3.63) is 64.5 Å². The van der Waals surface area contributed by atoms with Crippen molar-refractivity contribution in [2.75, 3.05) is 5.32 Å². The Kier molecular flexibility index (Phi) is 5.14. The molecule has 0 fully saturated rings. The Morgan fingerprint density at radius 3 is 2.40 bits per heavy atom. The fraction of sp³-hybridized carbons (Fsp3) is 0.200. The molecule has 0 bridgehead atoms. The second-order valence-corrected chi connectivity index (χ2v) is 7.00. The van der Waals surface area contributed by atoms with Crippen molar-refractivity contribution in [1.82, 2.24) is 10.3 Å². The molecule has 0 saturated heterocycles. The summed E-state index contributed by atoms with van der Waals surface area (Å²) in [5.41, 5.74) is 6.61. The van der Waals surface area contributed by atoms with Crippen LogP contribution < -0.4 is 10.6 Å². The third-order valence-electron chi connectivity index (χ3n) is 3.77. The highest BCUT2D eigenvalue weighted by molar-refractivity contribution is 7.14. The van der Waals surface area contributed by atoms with Crippen molar-refractivity contribution in [1.29, 1.82) is 0 Å². The number of carbonyl (C=O) groups excluding carboxylic acids is 1. The molecule has 2 aromatic carbocycles. The van der Waals surface area contributed by atoms with Crippen molar-refractivity contribution >= 4 is 28.1 Å². The quantitative estimate of drug-likeness (QED) is 0.694. The maximum atomic E-state index is 11.0. The molecule has 2 N–H and O–H groups in total. The van der Waals surface area contributed by atoms with E-state index in [1.807, 2.05) is 29.6 Å². The van der Waals surface area contributed by atoms with Gasteiger partial charge in [0.1, 0.15) is 0 Å². The molecule has 0 aliphatic carbocycles. The lowest BCUT2D eigenvalue weighted by Gasteiger charge is -2.05. The van der Waals surface area contributed by atoms with Gasteiger partial charge in [0.25, 0.3) is 0 Å². The van der Waals surface area contributed by atoms with Gasteiger partial charge in [-0.3, -0.25) is 4.79 Å². The summed E-state index contributed by atoms with van der Waals surface area (Å²) in [4.78, 5) is 15.7. The lowest BCUT2D eigenvalue weighted by atomic mass is 10.1. The van der Waals surface area contributed by atoms with Crippen molar-refractivity contribution in [2.45, 2.75) is 27.3 Å². The first-order valence-corrected chi connectivity index (χ1v) is 9.02. The number of rotatable bonds is 5. The zero-order valence-corrected chi connectivity index (χ0v) is 15.4. The van der Waals surface area contributed by atoms with E-state index in [9.17, 15) is 4.79 Å². The van der Waals surface area contributed by atoms with Crippen LogP contribution in [0.5, 0.6) is 0 Å². The lowest BCUT2D eigenvalue weighted by molar-refractivity contribution is -0.119. The summed E-state index contributed by atoms with van der Waals surface area (Å²) in [7, 11) is 0. The Morgan fingerprint density at radius 1 is 1.08 bits per heavy atom. The molecule has 3 rings (SSSR count). The van der Waals surface area contributed by atoms with Crippen LogP contribution in [0.4, 0.5) is 10.8 Å². The van der Waals surface area contributed by atoms with E-state index < -0.39 is 0 Å². The van der Waals surface area contributed by atoms with Crippen LogP contribution in [0, 0.1) is 13.8 Å². The van der Waals surface area contributed by atoms with E-state index in [-0.39, 0.29) is 5.91 Å². The monoisotopic (exact) mass is 351 g/mol. The first-order valence-electron chi connectivity index (χ1n) is 8.14. The molecule has 0 spiro atoms. The Bertz CT molecular complexity index is 864. The highest BCUT2D eigenvalue weighted by atomic mass is 32.1. The fourth-order valence-corrected chi connectivity index (χ4v) is 3.39. The van der Waals surface area contributed by atoms with E-state index in [1.54, 1.807) is 11.3 Å². The van der Waals surface area contributed by atoms with Gasteiger partial charge in [-0.25, -0.2) is 4.98 Å². The minimum atomic E-state index is -0.0225. The molecule has 0 atom stereocenters. The second kappa shape index (κ2) is 7.49. The first kappa shape index (κ1) is 17.2. The van der Waals surface area contributed by atoms with Gasteiger partial charge in [0, 0.05) is 30.1 Å². The Hall–Kier alpha value is -2.66. The number of anilines is 2. The number of aromatic nitrogens is 1. The molecule has 4 nitrogen and oxygen atoms in total. The number of thiazole rings is 1. The van der Waals surface area contributed by atoms with Gasteiger partial charge in [-0.05, 0) is 42.7 Å². The summed E-state index contributed by atoms with van der Waals surface area (Å²) in [6, 6.07) is 14.5. The number of benzene rings is 2. The topological polar surface area (TPSA) is 54.0 Å². The van der Waals surface area contributed by atoms with Crippen LogP contribution in [0.25, 0.3) is 11.3 Å². The molecular weight excluding hydrogens is 330 g/mol. The summed E-state index contributed by atoms with van der Waals surface area (Å²) in [5.74, 6) is -0.0225. The molecule has 1 aromatic heterocycles. The fourth-order valence-electron chi connectivity index (χ4n) is 2.65. The molecule has 128 valence electrons. The molecule has 1 amide bonds. The van der Waals surface area contributed by atoms with Gasteiger partial charge in [-0.15, -0.1) is 11.3 Å². The van der Waals surface area contributed by atoms with Gasteiger partial charge in [-0.2, -0.15) is 0 Å². The van der Waals surface area contributed by atoms with Crippen LogP contribution in [0.15, 0.2) is 47.8 Å². The van der Waals surface area contributed by atoms with Crippen LogP contribution in [0.2, 0.25) is 0 Å². The summed E-state index contributed by atoms with van der Waals surface area (Å²) in [6.07, 6.45) is 0. The highest BCUT2D eigenvalue weighted by Crippen LogP contribution is 2.28. The van der Waals surface area contributed by atoms with Gasteiger partial charge < -0.3 is 10.6 Å². The van der Waals surface area contributed by atoms with Gasteiger partial charge in [-0.1, -0.05) is 30.3 Å². The third kappa shape index (κ3) is 4.67. The van der Waals surface area contributed by atoms with E-state index in [1.165, 1.54) is 18.1 Å². The maximum Gasteiger partial charge on any atom is 0.217 e. The molecule has 5 heteroatoms. The van der Waals surface area contributed by atoms with Crippen LogP contribution in [0.3, 0.4) is 0 Å². The third-order valence-corrected chi connectivity index (χ3v) is 4.53. The van der Waals surface area contributed by atoms with Crippen LogP contribution in [-0.4, -0.2) is 10.9 Å². The lowest BCUT2D eigenvalue weighted by Crippen LogP contribution is -2.18. The zero-order chi connectivity index (χ0) is 17.8. The minimum Gasteiger partial charge on any atom is -0.352 e. The second-order valence-electron chi connectivity index (χ2n) is 6.15. The Morgan fingerprint density at radius 2 is 1.76 bits per heavy atom. The van der Waals surface area contributed by atoms with Crippen molar-refractivity contribution < 1.29 is 4.79 Å². The number of carbonyl (C=O) groups is 1. The predicted molar refractivity (Wildman–Crippen MR) is 104 cm³/mol. The average molecular weight is 351 g/mol. The van der Waals surface area contributed by atoms with Crippen molar-refractivity contribution in [3.63, 3.8) is 0 Å². The molecule has 0 aliphatic rings. The summed E-state index contributed by atoms with van der Waals surface area (Å²) in [6.45, 7) is 6.25. The van der Waals surface area contributed by atoms with Gasteiger partial charge >= 0.3 is 0 Å². The number of aryl methyl sites for hydroxylation is 2. The van der Waals surface area contributed by atoms with E-state index in [2.05, 4.69) is 47.7 Å². The van der Waals surface area contributed by atoms with Gasteiger partial charge in [0.2, 0.25) is 5.91 Å². The molecule has 0 radical (unpaired) electrons. The van der Waals surface area contributed by atoms with E-state index >= 15 is 0 Å². The Balaban J connectivity index is 1.71. The van der Waals surface area contributed by atoms with Gasteiger partial charge in [0.05, 0.1) is 5.69 Å². The molecule has 0 unspecified atom stereocenters. The van der Waals surface area contributed by atoms with Crippen LogP contribution in [0.1, 0.15) is 23.6 Å². The Labute approximate surface area is 151 Å². The average Bonchev–Trinajstić information content (AvgIpc) is 3.01. The molecule has 25 heavy (non-hydrogen) atoms. The summed E-state index contributed by atoms with van der Waals surface area (Å²) in [5, 5.41) is 9.11. The van der Waals surface area contributed by atoms with Crippen molar-refractivity contribution in [2.24, 2.45) is 0 Å². The standard InChI is InChI=1S/C20H21N3OS/c1-13-8-14(2)10-18(9-13)22-20-23-19(12-25-20)17-6-4-16(5-7-17)11-21-15(3)24/h4-10,12H,11H2,1-3H3,(H,21,24)(H,22,23). The van der Waals surface area contributed by atoms with Crippen LogP contribution in [-0.2, 0) is 11.3 Å². The predicted octanol–water partition coefficient (Wildman–Crippen LogP) is 4.81. The van der Waals surface area contributed by atoms with Crippen LogP contribution >= 0.6 is 11.3 Å². The molecule has 1 heterocycles. The minimum absolute atomic E-state index is 0.0225. The normalized spacial score (nSPS) is 10.5. The molecular formula is C20H21N3OS. The number of nitrogens with one attached hydrogen (secondary N) is 2. The smallest absolute Gasteiger partial charge is 0.217 e. The summed E-state index contributed by atoms with van der Waals surface area (Å²) >= 11 is 1.59.